The zero-order chi connectivity index (χ0) is 22.4. The third kappa shape index (κ3) is 12.5. The van der Waals surface area contributed by atoms with Crippen LogP contribution in [-0.4, -0.2) is 22.2 Å². The lowest BCUT2D eigenvalue weighted by Gasteiger charge is -2.29. The van der Waals surface area contributed by atoms with E-state index in [4.69, 9.17) is 10.2 Å². The van der Waals surface area contributed by atoms with Gasteiger partial charge < -0.3 is 10.2 Å². The van der Waals surface area contributed by atoms with Gasteiger partial charge in [-0.05, 0) is 47.9 Å². The van der Waals surface area contributed by atoms with Crippen molar-refractivity contribution in [2.75, 3.05) is 0 Å². The summed E-state index contributed by atoms with van der Waals surface area (Å²) in [7, 11) is 0. The number of carboxylic acid groups (broad SMARTS) is 2. The van der Waals surface area contributed by atoms with Crippen LogP contribution >= 0.6 is 0 Å². The van der Waals surface area contributed by atoms with Gasteiger partial charge in [-0.3, -0.25) is 0 Å². The van der Waals surface area contributed by atoms with Crippen molar-refractivity contribution in [3.8, 4) is 0 Å². The van der Waals surface area contributed by atoms with Crippen molar-refractivity contribution in [2.45, 2.75) is 54.4 Å². The first-order chi connectivity index (χ1) is 13.5. The average Bonchev–Trinajstić information content (AvgIpc) is 2.68. The summed E-state index contributed by atoms with van der Waals surface area (Å²) in [5.41, 5.74) is 1.19. The Morgan fingerprint density at radius 2 is 1.10 bits per heavy atom. The second kappa shape index (κ2) is 13.5. The quantitative estimate of drug-likeness (QED) is 0.554. The second-order valence-electron chi connectivity index (χ2n) is 8.42. The van der Waals surface area contributed by atoms with Gasteiger partial charge in [0.05, 0.1) is 11.1 Å². The van der Waals surface area contributed by atoms with Crippen molar-refractivity contribution in [3.63, 3.8) is 0 Å². The van der Waals surface area contributed by atoms with Gasteiger partial charge in [0.15, 0.2) is 0 Å². The van der Waals surface area contributed by atoms with Gasteiger partial charge in [0.1, 0.15) is 0 Å². The molecule has 0 amide bonds. The molecule has 0 saturated carbocycles. The van der Waals surface area contributed by atoms with Gasteiger partial charge in [0.2, 0.25) is 0 Å². The standard InChI is InChI=1S/C11H24.2C7H6O2/c1-9(2)7-8-11(5,6)10(3)4;2*8-7(9)6-4-2-1-3-5-6/h9-10H,7-8H2,1-6H3;2*1-5H,(H,8,9). The minimum Gasteiger partial charge on any atom is -0.478 e. The Morgan fingerprint density at radius 1 is 0.759 bits per heavy atom. The zero-order valence-corrected chi connectivity index (χ0v) is 18.6. The molecule has 0 saturated heterocycles. The highest BCUT2D eigenvalue weighted by Crippen LogP contribution is 2.32. The first-order valence-corrected chi connectivity index (χ1v) is 10.0. The normalized spacial score (nSPS) is 10.5. The fourth-order valence-electron chi connectivity index (χ4n) is 2.11. The maximum absolute atomic E-state index is 10.2. The summed E-state index contributed by atoms with van der Waals surface area (Å²) >= 11 is 0. The number of benzene rings is 2. The molecule has 0 radical (unpaired) electrons. The van der Waals surface area contributed by atoms with Crippen LogP contribution in [0.5, 0.6) is 0 Å². The lowest BCUT2D eigenvalue weighted by molar-refractivity contribution is 0.0686. The molecule has 29 heavy (non-hydrogen) atoms. The monoisotopic (exact) mass is 400 g/mol. The third-order valence-corrected chi connectivity index (χ3v) is 4.97. The molecule has 0 atom stereocenters. The van der Waals surface area contributed by atoms with Crippen LogP contribution in [0.15, 0.2) is 60.7 Å². The summed E-state index contributed by atoms with van der Waals surface area (Å²) in [4.78, 5) is 20.4. The summed E-state index contributed by atoms with van der Waals surface area (Å²) in [6.45, 7) is 14.0. The zero-order valence-electron chi connectivity index (χ0n) is 18.6. The molecule has 2 aromatic rings. The summed E-state index contributed by atoms with van der Waals surface area (Å²) in [6.07, 6.45) is 2.73. The smallest absolute Gasteiger partial charge is 0.335 e. The van der Waals surface area contributed by atoms with E-state index in [9.17, 15) is 9.59 Å². The number of hydrogen-bond acceptors (Lipinski definition) is 2. The van der Waals surface area contributed by atoms with E-state index in [1.807, 2.05) is 0 Å². The van der Waals surface area contributed by atoms with Crippen LogP contribution in [0.3, 0.4) is 0 Å². The van der Waals surface area contributed by atoms with Gasteiger partial charge >= 0.3 is 11.9 Å². The van der Waals surface area contributed by atoms with Gasteiger partial charge in [-0.2, -0.15) is 0 Å². The van der Waals surface area contributed by atoms with Crippen LogP contribution in [-0.2, 0) is 0 Å². The Hall–Kier alpha value is -2.62. The molecule has 0 aromatic heterocycles. The van der Waals surface area contributed by atoms with Crippen molar-refractivity contribution in [3.05, 3.63) is 71.8 Å². The Balaban J connectivity index is 0.000000408. The second-order valence-corrected chi connectivity index (χ2v) is 8.42. The number of rotatable bonds is 6. The van der Waals surface area contributed by atoms with Gasteiger partial charge in [0, 0.05) is 0 Å². The molecule has 0 heterocycles. The van der Waals surface area contributed by atoms with E-state index in [2.05, 4.69) is 41.5 Å². The van der Waals surface area contributed by atoms with E-state index in [1.54, 1.807) is 60.7 Å². The summed E-state index contributed by atoms with van der Waals surface area (Å²) in [5.74, 6) is -0.0968. The fourth-order valence-corrected chi connectivity index (χ4v) is 2.11. The number of aromatic carboxylic acids is 2. The molecular weight excluding hydrogens is 364 g/mol. The highest BCUT2D eigenvalue weighted by molar-refractivity contribution is 5.87. The van der Waals surface area contributed by atoms with Crippen molar-refractivity contribution >= 4 is 11.9 Å². The van der Waals surface area contributed by atoms with E-state index in [0.717, 1.165) is 11.8 Å². The molecule has 2 aromatic carbocycles. The molecule has 4 nitrogen and oxygen atoms in total. The molecule has 160 valence electrons. The Labute approximate surface area is 175 Å². The van der Waals surface area contributed by atoms with Crippen molar-refractivity contribution < 1.29 is 19.8 Å². The van der Waals surface area contributed by atoms with Gasteiger partial charge in [-0.25, -0.2) is 9.59 Å². The highest BCUT2D eigenvalue weighted by atomic mass is 16.4. The third-order valence-electron chi connectivity index (χ3n) is 4.97. The van der Waals surface area contributed by atoms with Crippen molar-refractivity contribution in [1.29, 1.82) is 0 Å². The topological polar surface area (TPSA) is 74.6 Å². The minimum absolute atomic E-state index is 0.331. The maximum Gasteiger partial charge on any atom is 0.335 e. The molecule has 4 heteroatoms. The minimum atomic E-state index is -0.879. The molecule has 2 rings (SSSR count). The van der Waals surface area contributed by atoms with E-state index in [-0.39, 0.29) is 0 Å². The van der Waals surface area contributed by atoms with Crippen LogP contribution < -0.4 is 0 Å². The average molecular weight is 401 g/mol. The predicted octanol–water partition coefficient (Wildman–Crippen LogP) is 6.87. The number of hydrogen-bond donors (Lipinski definition) is 2. The molecule has 0 spiro atoms. The number of carbonyl (C=O) groups is 2. The SMILES string of the molecule is CC(C)CCC(C)(C)C(C)C.O=C(O)c1ccccc1.O=C(O)c1ccccc1. The van der Waals surface area contributed by atoms with Gasteiger partial charge in [-0.1, -0.05) is 84.4 Å². The van der Waals surface area contributed by atoms with Crippen molar-refractivity contribution in [1.82, 2.24) is 0 Å². The molecule has 0 aliphatic rings. The Kier molecular flexibility index (Phi) is 12.3. The first-order valence-electron chi connectivity index (χ1n) is 10.0. The Morgan fingerprint density at radius 3 is 1.31 bits per heavy atom. The van der Waals surface area contributed by atoms with Gasteiger partial charge in [0.25, 0.3) is 0 Å². The lowest BCUT2D eigenvalue weighted by atomic mass is 9.76. The van der Waals surface area contributed by atoms with E-state index >= 15 is 0 Å². The molecular formula is C25H36O4. The largest absolute Gasteiger partial charge is 0.478 e. The fraction of sp³-hybridized carbons (Fsp3) is 0.440. The van der Waals surface area contributed by atoms with Crippen LogP contribution in [0.4, 0.5) is 0 Å². The summed E-state index contributed by atoms with van der Waals surface area (Å²) < 4.78 is 0. The molecule has 0 unspecified atom stereocenters. The molecule has 0 aliphatic heterocycles. The first kappa shape index (κ1) is 26.4. The Bertz CT molecular complexity index is 655. The molecule has 0 aliphatic carbocycles. The van der Waals surface area contributed by atoms with E-state index < -0.39 is 11.9 Å². The van der Waals surface area contributed by atoms with E-state index in [0.29, 0.717) is 16.5 Å². The molecule has 2 N–H and O–H groups in total. The molecule has 0 fully saturated rings. The number of carboxylic acids is 2. The van der Waals surface area contributed by atoms with Crippen molar-refractivity contribution in [2.24, 2.45) is 17.3 Å². The maximum atomic E-state index is 10.2. The predicted molar refractivity (Wildman–Crippen MR) is 119 cm³/mol. The van der Waals surface area contributed by atoms with Crippen LogP contribution in [0.2, 0.25) is 0 Å². The van der Waals surface area contributed by atoms with Crippen LogP contribution in [0.25, 0.3) is 0 Å². The van der Waals surface area contributed by atoms with Gasteiger partial charge in [-0.15, -0.1) is 0 Å². The lowest BCUT2D eigenvalue weighted by Crippen LogP contribution is -2.19. The van der Waals surface area contributed by atoms with E-state index in [1.165, 1.54) is 12.8 Å². The summed E-state index contributed by atoms with van der Waals surface area (Å²) in [6, 6.07) is 16.6. The van der Waals surface area contributed by atoms with Crippen LogP contribution in [0, 0.1) is 17.3 Å². The molecule has 0 bridgehead atoms. The summed E-state index contributed by atoms with van der Waals surface area (Å²) in [5, 5.41) is 16.8. The van der Waals surface area contributed by atoms with Crippen LogP contribution in [0.1, 0.15) is 75.1 Å². The highest BCUT2D eigenvalue weighted by Gasteiger charge is 2.21.